The number of anilines is 2. The lowest BCUT2D eigenvalue weighted by Crippen LogP contribution is -2.17. The minimum atomic E-state index is -0.253. The Labute approximate surface area is 98.6 Å². The normalized spacial score (nSPS) is 9.71. The number of carbonyl (C=O) groups is 1. The van der Waals surface area contributed by atoms with Gasteiger partial charge in [-0.25, -0.2) is 0 Å². The monoisotopic (exact) mass is 228 g/mol. The van der Waals surface area contributed by atoms with E-state index in [4.69, 9.17) is 5.84 Å². The van der Waals surface area contributed by atoms with Crippen molar-refractivity contribution < 1.29 is 4.79 Å². The van der Waals surface area contributed by atoms with E-state index in [1.54, 1.807) is 12.3 Å². The predicted molar refractivity (Wildman–Crippen MR) is 66.4 cm³/mol. The van der Waals surface area contributed by atoms with E-state index in [1.807, 2.05) is 30.3 Å². The summed E-state index contributed by atoms with van der Waals surface area (Å²) in [6.45, 7) is 0. The Morgan fingerprint density at radius 2 is 1.94 bits per heavy atom. The number of nitrogens with one attached hydrogen (secondary N) is 2. The molecule has 0 saturated heterocycles. The lowest BCUT2D eigenvalue weighted by Gasteiger charge is -2.08. The first-order chi connectivity index (χ1) is 8.31. The number of benzene rings is 1. The highest BCUT2D eigenvalue weighted by molar-refractivity contribution is 6.07. The van der Waals surface area contributed by atoms with Gasteiger partial charge >= 0.3 is 0 Å². The predicted octanol–water partition coefficient (Wildman–Crippen LogP) is 1.62. The van der Waals surface area contributed by atoms with Gasteiger partial charge in [-0.3, -0.25) is 15.6 Å². The maximum atomic E-state index is 11.9. The Morgan fingerprint density at radius 1 is 1.18 bits per heavy atom. The average molecular weight is 228 g/mol. The van der Waals surface area contributed by atoms with E-state index < -0.39 is 0 Å². The molecule has 0 aliphatic carbocycles. The number of hydrogen-bond acceptors (Lipinski definition) is 4. The molecule has 0 unspecified atom stereocenters. The van der Waals surface area contributed by atoms with Gasteiger partial charge in [-0.1, -0.05) is 18.2 Å². The van der Waals surface area contributed by atoms with Crippen LogP contribution < -0.4 is 16.6 Å². The molecule has 17 heavy (non-hydrogen) atoms. The summed E-state index contributed by atoms with van der Waals surface area (Å²) in [6, 6.07) is 10.8. The smallest absolute Gasteiger partial charge is 0.259 e. The average Bonchev–Trinajstić information content (AvgIpc) is 2.40. The molecule has 0 saturated carbocycles. The highest BCUT2D eigenvalue weighted by Gasteiger charge is 2.10. The first-order valence-electron chi connectivity index (χ1n) is 5.08. The van der Waals surface area contributed by atoms with E-state index in [9.17, 15) is 4.79 Å². The number of nitrogens with zero attached hydrogens (tertiary/aromatic N) is 1. The Hall–Kier alpha value is -2.40. The Kier molecular flexibility index (Phi) is 3.32. The van der Waals surface area contributed by atoms with Gasteiger partial charge in [0.2, 0.25) is 0 Å². The molecule has 5 nitrogen and oxygen atoms in total. The van der Waals surface area contributed by atoms with Crippen molar-refractivity contribution in [3.05, 3.63) is 54.4 Å². The number of hydrogen-bond donors (Lipinski definition) is 3. The molecule has 5 heteroatoms. The summed E-state index contributed by atoms with van der Waals surface area (Å²) in [5, 5.41) is 2.76. The van der Waals surface area contributed by atoms with Gasteiger partial charge in [-0.15, -0.1) is 0 Å². The SMILES string of the molecule is NNc1ccncc1C(=O)Nc1ccccc1. The van der Waals surface area contributed by atoms with Gasteiger partial charge in [0.15, 0.2) is 0 Å². The van der Waals surface area contributed by atoms with Crippen LogP contribution in [0.5, 0.6) is 0 Å². The Balaban J connectivity index is 2.20. The third-order valence-corrected chi connectivity index (χ3v) is 2.25. The number of nitrogen functional groups attached to an aromatic ring is 1. The number of amides is 1. The number of carbonyl (C=O) groups excluding carboxylic acids is 1. The summed E-state index contributed by atoms with van der Waals surface area (Å²) in [6.07, 6.45) is 3.03. The van der Waals surface area contributed by atoms with Gasteiger partial charge in [0.1, 0.15) is 0 Å². The number of pyridine rings is 1. The quantitative estimate of drug-likeness (QED) is 0.551. The lowest BCUT2D eigenvalue weighted by molar-refractivity contribution is 0.102. The molecule has 0 aliphatic heterocycles. The van der Waals surface area contributed by atoms with Crippen LogP contribution in [-0.4, -0.2) is 10.9 Å². The maximum absolute atomic E-state index is 11.9. The van der Waals surface area contributed by atoms with Crippen molar-refractivity contribution >= 4 is 17.3 Å². The van der Waals surface area contributed by atoms with E-state index in [0.29, 0.717) is 11.3 Å². The van der Waals surface area contributed by atoms with Gasteiger partial charge in [0, 0.05) is 18.1 Å². The van der Waals surface area contributed by atoms with E-state index in [1.165, 1.54) is 6.20 Å². The van der Waals surface area contributed by atoms with E-state index in [2.05, 4.69) is 15.7 Å². The highest BCUT2D eigenvalue weighted by Crippen LogP contribution is 2.14. The second-order valence-electron chi connectivity index (χ2n) is 3.39. The van der Waals surface area contributed by atoms with Gasteiger partial charge in [0.05, 0.1) is 11.3 Å². The van der Waals surface area contributed by atoms with Crippen LogP contribution in [-0.2, 0) is 0 Å². The number of rotatable bonds is 3. The molecule has 0 radical (unpaired) electrons. The molecule has 2 rings (SSSR count). The van der Waals surface area contributed by atoms with Crippen molar-refractivity contribution in [2.75, 3.05) is 10.7 Å². The second kappa shape index (κ2) is 5.09. The van der Waals surface area contributed by atoms with Crippen molar-refractivity contribution in [2.24, 2.45) is 5.84 Å². The summed E-state index contributed by atoms with van der Waals surface area (Å²) >= 11 is 0. The molecule has 1 amide bonds. The minimum Gasteiger partial charge on any atom is -0.323 e. The van der Waals surface area contributed by atoms with Gasteiger partial charge in [-0.05, 0) is 18.2 Å². The molecular formula is C12H12N4O. The molecule has 1 heterocycles. The fourth-order valence-corrected chi connectivity index (χ4v) is 1.42. The molecule has 2 aromatic rings. The number of hydrazine groups is 1. The second-order valence-corrected chi connectivity index (χ2v) is 3.39. The van der Waals surface area contributed by atoms with Crippen molar-refractivity contribution in [3.63, 3.8) is 0 Å². The zero-order valence-corrected chi connectivity index (χ0v) is 9.05. The van der Waals surface area contributed by atoms with E-state index in [-0.39, 0.29) is 5.91 Å². The molecule has 0 bridgehead atoms. The van der Waals surface area contributed by atoms with Gasteiger partial charge in [-0.2, -0.15) is 0 Å². The molecule has 1 aromatic heterocycles. The van der Waals surface area contributed by atoms with Crippen LogP contribution in [0.2, 0.25) is 0 Å². The number of para-hydroxylation sites is 1. The van der Waals surface area contributed by atoms with Crippen molar-refractivity contribution in [1.29, 1.82) is 0 Å². The van der Waals surface area contributed by atoms with Crippen LogP contribution in [0.25, 0.3) is 0 Å². The van der Waals surface area contributed by atoms with Crippen LogP contribution >= 0.6 is 0 Å². The first kappa shape index (κ1) is 11.1. The molecule has 0 atom stereocenters. The zero-order valence-electron chi connectivity index (χ0n) is 9.05. The van der Waals surface area contributed by atoms with Crippen LogP contribution in [0.3, 0.4) is 0 Å². The lowest BCUT2D eigenvalue weighted by atomic mass is 10.2. The largest absolute Gasteiger partial charge is 0.323 e. The van der Waals surface area contributed by atoms with Crippen LogP contribution in [0.1, 0.15) is 10.4 Å². The summed E-state index contributed by atoms with van der Waals surface area (Å²) in [7, 11) is 0. The van der Waals surface area contributed by atoms with E-state index >= 15 is 0 Å². The fraction of sp³-hybridized carbons (Fsp3) is 0. The zero-order chi connectivity index (χ0) is 12.1. The van der Waals surface area contributed by atoms with Gasteiger partial charge < -0.3 is 10.7 Å². The van der Waals surface area contributed by atoms with E-state index in [0.717, 1.165) is 5.69 Å². The molecule has 4 N–H and O–H groups in total. The molecule has 0 fully saturated rings. The van der Waals surface area contributed by atoms with Crippen LogP contribution in [0.4, 0.5) is 11.4 Å². The topological polar surface area (TPSA) is 80.0 Å². The third kappa shape index (κ3) is 2.59. The minimum absolute atomic E-state index is 0.253. The first-order valence-corrected chi connectivity index (χ1v) is 5.08. The highest BCUT2D eigenvalue weighted by atomic mass is 16.1. The summed E-state index contributed by atoms with van der Waals surface area (Å²) in [4.78, 5) is 15.8. The van der Waals surface area contributed by atoms with Gasteiger partial charge in [0.25, 0.3) is 5.91 Å². The molecule has 0 spiro atoms. The number of aromatic nitrogens is 1. The standard InChI is InChI=1S/C12H12N4O/c13-16-11-6-7-14-8-10(11)12(17)15-9-4-2-1-3-5-9/h1-8H,13H2,(H,14,16)(H,15,17). The van der Waals surface area contributed by atoms with Crippen LogP contribution in [0, 0.1) is 0 Å². The van der Waals surface area contributed by atoms with Crippen molar-refractivity contribution in [2.45, 2.75) is 0 Å². The fourth-order valence-electron chi connectivity index (χ4n) is 1.42. The molecule has 86 valence electrons. The summed E-state index contributed by atoms with van der Waals surface area (Å²) in [5.41, 5.74) is 4.12. The van der Waals surface area contributed by atoms with Crippen molar-refractivity contribution in [1.82, 2.24) is 4.98 Å². The Morgan fingerprint density at radius 3 is 2.65 bits per heavy atom. The van der Waals surface area contributed by atoms with Crippen LogP contribution in [0.15, 0.2) is 48.8 Å². The van der Waals surface area contributed by atoms with Crippen molar-refractivity contribution in [3.8, 4) is 0 Å². The third-order valence-electron chi connectivity index (χ3n) is 2.25. The Bertz CT molecular complexity index is 513. The molecular weight excluding hydrogens is 216 g/mol. The molecule has 0 aliphatic rings. The maximum Gasteiger partial charge on any atom is 0.259 e. The molecule has 1 aromatic carbocycles. The number of nitrogens with two attached hydrogens (primary N) is 1. The summed E-state index contributed by atoms with van der Waals surface area (Å²) < 4.78 is 0. The summed E-state index contributed by atoms with van der Waals surface area (Å²) in [5.74, 6) is 5.07.